The number of pyridine rings is 1. The van der Waals surface area contributed by atoms with Crippen molar-refractivity contribution in [3.05, 3.63) is 169 Å². The molecule has 7 rings (SSSR count). The second-order valence-electron chi connectivity index (χ2n) is 12.4. The van der Waals surface area contributed by atoms with Crippen LogP contribution in [0.25, 0.3) is 60.1 Å². The first-order valence-corrected chi connectivity index (χ1v) is 16.9. The Morgan fingerprint density at radius 2 is 1.35 bits per heavy atom. The van der Waals surface area contributed by atoms with Crippen LogP contribution in [0.4, 0.5) is 0 Å². The quantitative estimate of drug-likeness (QED) is 0.134. The number of hydrogen-bond donors (Lipinski definition) is 0. The highest BCUT2D eigenvalue weighted by Crippen LogP contribution is 2.45. The molecule has 234 valence electrons. The summed E-state index contributed by atoms with van der Waals surface area (Å²) < 4.78 is 0. The molecule has 2 nitrogen and oxygen atoms in total. The molecular weight excluding hydrogens is 581 g/mol. The van der Waals surface area contributed by atoms with E-state index in [-0.39, 0.29) is 6.04 Å². The molecule has 0 aliphatic heterocycles. The summed E-state index contributed by atoms with van der Waals surface area (Å²) in [4.78, 5) is 9.34. The van der Waals surface area contributed by atoms with Gasteiger partial charge in [0, 0.05) is 12.4 Å². The minimum absolute atomic E-state index is 0.0322. The lowest BCUT2D eigenvalue weighted by Gasteiger charge is -2.20. The van der Waals surface area contributed by atoms with Crippen molar-refractivity contribution < 1.29 is 0 Å². The summed E-state index contributed by atoms with van der Waals surface area (Å²) in [6.45, 7) is 6.32. The molecule has 6 aromatic rings. The summed E-state index contributed by atoms with van der Waals surface area (Å²) >= 11 is 0. The van der Waals surface area contributed by atoms with E-state index < -0.39 is 0 Å². The van der Waals surface area contributed by atoms with Crippen molar-refractivity contribution in [2.45, 2.75) is 33.2 Å². The topological polar surface area (TPSA) is 25.2 Å². The van der Waals surface area contributed by atoms with Crippen molar-refractivity contribution in [1.82, 2.24) is 4.98 Å². The Morgan fingerprint density at radius 1 is 0.729 bits per heavy atom. The largest absolute Gasteiger partial charge is 0.284 e. The van der Waals surface area contributed by atoms with Gasteiger partial charge >= 0.3 is 0 Å². The lowest BCUT2D eigenvalue weighted by atomic mass is 9.83. The summed E-state index contributed by atoms with van der Waals surface area (Å²) in [5.74, 6) is 0.350. The highest BCUT2D eigenvalue weighted by molar-refractivity contribution is 6.22. The first-order chi connectivity index (χ1) is 23.6. The van der Waals surface area contributed by atoms with Gasteiger partial charge in [-0.25, -0.2) is 0 Å². The van der Waals surface area contributed by atoms with Gasteiger partial charge in [-0.05, 0) is 110 Å². The Kier molecular flexibility index (Phi) is 9.07. The zero-order chi connectivity index (χ0) is 32.9. The van der Waals surface area contributed by atoms with E-state index >= 15 is 0 Å². The number of fused-ring (bicyclic) bond motifs is 3. The Morgan fingerprint density at radius 3 is 2.04 bits per heavy atom. The smallest absolute Gasteiger partial charge is 0.0891 e. The summed E-state index contributed by atoms with van der Waals surface area (Å²) in [6, 6.07) is 35.6. The third-order valence-corrected chi connectivity index (χ3v) is 9.24. The average molecular weight is 621 g/mol. The molecule has 5 aromatic carbocycles. The molecule has 1 aliphatic rings. The Balaban J connectivity index is 1.45. The standard InChI is InChI=1S/C46H40N2/c1-4-5-29-47-33(3)44-31-35(28-30-48-44)36-26-27-43(38-19-11-10-18-37(36)38)46-41-22-14-12-20-39(41)45(40-21-13-15-23-42(40)46)34-17-9-7-6-8-16-32(2)24-25-34/h4-8,10-33H,9H2,1-3H3/b5-4-,7-6-,16-8-,25-24-,34-17+,47-29-. The van der Waals surface area contributed by atoms with Crippen LogP contribution in [0.15, 0.2) is 163 Å². The Bertz CT molecular complexity index is 2250. The number of rotatable bonds is 6. The van der Waals surface area contributed by atoms with E-state index in [4.69, 9.17) is 0 Å². The van der Waals surface area contributed by atoms with Crippen LogP contribution in [0.1, 0.15) is 44.5 Å². The van der Waals surface area contributed by atoms with Crippen molar-refractivity contribution in [3.63, 3.8) is 0 Å². The van der Waals surface area contributed by atoms with Gasteiger partial charge in [0.15, 0.2) is 0 Å². The van der Waals surface area contributed by atoms with Crippen LogP contribution >= 0.6 is 0 Å². The van der Waals surface area contributed by atoms with Crippen LogP contribution in [0, 0.1) is 5.92 Å². The van der Waals surface area contributed by atoms with Crippen LogP contribution < -0.4 is 0 Å². The summed E-state index contributed by atoms with van der Waals surface area (Å²) in [7, 11) is 0. The Labute approximate surface area is 283 Å². The second-order valence-corrected chi connectivity index (χ2v) is 12.4. The highest BCUT2D eigenvalue weighted by atomic mass is 14.8. The molecule has 0 fully saturated rings. The van der Waals surface area contributed by atoms with Gasteiger partial charge < -0.3 is 0 Å². The monoisotopic (exact) mass is 620 g/mol. The van der Waals surface area contributed by atoms with E-state index in [9.17, 15) is 0 Å². The lowest BCUT2D eigenvalue weighted by molar-refractivity contribution is 0.788. The molecule has 1 heterocycles. The van der Waals surface area contributed by atoms with E-state index in [1.54, 1.807) is 0 Å². The molecule has 0 saturated heterocycles. The van der Waals surface area contributed by atoms with Crippen LogP contribution in [-0.2, 0) is 0 Å². The van der Waals surface area contributed by atoms with Gasteiger partial charge in [-0.2, -0.15) is 0 Å². The van der Waals surface area contributed by atoms with Gasteiger partial charge in [0.05, 0.1) is 11.7 Å². The highest BCUT2D eigenvalue weighted by Gasteiger charge is 2.19. The molecule has 2 unspecified atom stereocenters. The van der Waals surface area contributed by atoms with Gasteiger partial charge in [0.2, 0.25) is 0 Å². The SMILES string of the molecule is C/C=C\C=N/C(C)c1cc(-c2ccc(-c3c4ccccc4c(C4=C/C/C=C\C=C/C(C)/C=C\4)c4ccccc34)c3ccccc23)ccn1. The molecular formula is C46H40N2. The van der Waals surface area contributed by atoms with E-state index in [0.717, 1.165) is 17.7 Å². The fourth-order valence-electron chi connectivity index (χ4n) is 6.85. The first kappa shape index (κ1) is 31.0. The molecule has 1 aliphatic carbocycles. The second kappa shape index (κ2) is 14.0. The molecule has 48 heavy (non-hydrogen) atoms. The van der Waals surface area contributed by atoms with Gasteiger partial charge in [-0.15, -0.1) is 0 Å². The van der Waals surface area contributed by atoms with Gasteiger partial charge in [0.1, 0.15) is 0 Å². The number of nitrogens with zero attached hydrogens (tertiary/aromatic N) is 2. The van der Waals surface area contributed by atoms with Crippen LogP contribution in [0.2, 0.25) is 0 Å². The first-order valence-electron chi connectivity index (χ1n) is 16.9. The predicted octanol–water partition coefficient (Wildman–Crippen LogP) is 12.7. The maximum absolute atomic E-state index is 4.67. The molecule has 0 spiro atoms. The van der Waals surface area contributed by atoms with Crippen molar-refractivity contribution in [3.8, 4) is 22.3 Å². The Hall–Kier alpha value is -5.60. The maximum atomic E-state index is 4.67. The normalized spacial score (nSPS) is 19.1. The van der Waals surface area contributed by atoms with Crippen molar-refractivity contribution >= 4 is 44.1 Å². The molecule has 0 bridgehead atoms. The van der Waals surface area contributed by atoms with Crippen molar-refractivity contribution in [1.29, 1.82) is 0 Å². The minimum atomic E-state index is -0.0322. The zero-order valence-electron chi connectivity index (χ0n) is 27.8. The number of aromatic nitrogens is 1. The van der Waals surface area contributed by atoms with E-state index in [0.29, 0.717) is 5.92 Å². The number of allylic oxidation sites excluding steroid dienone is 10. The molecule has 0 radical (unpaired) electrons. The zero-order valence-corrected chi connectivity index (χ0v) is 27.8. The predicted molar refractivity (Wildman–Crippen MR) is 209 cm³/mol. The average Bonchev–Trinajstić information content (AvgIpc) is 3.13. The van der Waals surface area contributed by atoms with Crippen LogP contribution in [-0.4, -0.2) is 11.2 Å². The van der Waals surface area contributed by atoms with Gasteiger partial charge in [-0.1, -0.05) is 140 Å². The van der Waals surface area contributed by atoms with E-state index in [1.165, 1.54) is 60.1 Å². The number of aliphatic imine (C=N–C) groups is 1. The summed E-state index contributed by atoms with van der Waals surface area (Å²) in [6.07, 6.45) is 24.4. The fraction of sp³-hybridized carbons (Fsp3) is 0.130. The van der Waals surface area contributed by atoms with E-state index in [1.807, 2.05) is 31.5 Å². The molecule has 2 heteroatoms. The molecule has 1 aromatic heterocycles. The fourth-order valence-corrected chi connectivity index (χ4v) is 6.85. The van der Waals surface area contributed by atoms with E-state index in [2.05, 4.69) is 163 Å². The van der Waals surface area contributed by atoms with Gasteiger partial charge in [-0.3, -0.25) is 9.98 Å². The molecule has 0 N–H and O–H groups in total. The summed E-state index contributed by atoms with van der Waals surface area (Å²) in [5, 5.41) is 7.52. The van der Waals surface area contributed by atoms with Crippen LogP contribution in [0.5, 0.6) is 0 Å². The summed E-state index contributed by atoms with van der Waals surface area (Å²) in [5.41, 5.74) is 8.37. The number of benzene rings is 5. The molecule has 0 saturated carbocycles. The molecule has 2 atom stereocenters. The van der Waals surface area contributed by atoms with Crippen molar-refractivity contribution in [2.75, 3.05) is 0 Å². The van der Waals surface area contributed by atoms with Crippen molar-refractivity contribution in [2.24, 2.45) is 10.9 Å². The third kappa shape index (κ3) is 6.10. The minimum Gasteiger partial charge on any atom is -0.284 e. The molecule has 0 amide bonds. The maximum Gasteiger partial charge on any atom is 0.0891 e. The van der Waals surface area contributed by atoms with Crippen LogP contribution in [0.3, 0.4) is 0 Å². The van der Waals surface area contributed by atoms with Gasteiger partial charge in [0.25, 0.3) is 0 Å². The lowest BCUT2D eigenvalue weighted by Crippen LogP contribution is -1.96. The third-order valence-electron chi connectivity index (χ3n) is 9.24. The number of hydrogen-bond acceptors (Lipinski definition) is 2.